The van der Waals surface area contributed by atoms with E-state index in [0.717, 1.165) is 12.4 Å². The summed E-state index contributed by atoms with van der Waals surface area (Å²) < 4.78 is 13.3. The van der Waals surface area contributed by atoms with Gasteiger partial charge in [-0.1, -0.05) is 13.0 Å². The molecular weight excluding hydrogens is 199 g/mol. The van der Waals surface area contributed by atoms with Crippen LogP contribution in [0.25, 0.3) is 0 Å². The summed E-state index contributed by atoms with van der Waals surface area (Å²) in [7, 11) is 0. The summed E-state index contributed by atoms with van der Waals surface area (Å²) in [6.07, 6.45) is 1.03. The first-order valence-corrected chi connectivity index (χ1v) is 4.51. The first kappa shape index (κ1) is 11.4. The molecule has 1 rings (SSSR count). The van der Waals surface area contributed by atoms with Crippen LogP contribution in [0.2, 0.25) is 0 Å². The van der Waals surface area contributed by atoms with Gasteiger partial charge < -0.3 is 9.90 Å². The van der Waals surface area contributed by atoms with Crippen LogP contribution in [0.4, 0.5) is 4.39 Å². The molecule has 0 fully saturated rings. The second kappa shape index (κ2) is 4.68. The molecular formula is C11H11FO3. The average molecular weight is 210 g/mol. The zero-order chi connectivity index (χ0) is 11.4. The van der Waals surface area contributed by atoms with Crippen molar-refractivity contribution in [1.29, 1.82) is 0 Å². The summed E-state index contributed by atoms with van der Waals surface area (Å²) in [6, 6.07) is 3.70. The van der Waals surface area contributed by atoms with Crippen LogP contribution >= 0.6 is 0 Å². The van der Waals surface area contributed by atoms with E-state index in [0.29, 0.717) is 5.56 Å². The first-order valence-electron chi connectivity index (χ1n) is 4.51. The number of aromatic carboxylic acids is 1. The number of hydrogen-bond donors (Lipinski definition) is 1. The van der Waals surface area contributed by atoms with Gasteiger partial charge in [0, 0.05) is 5.92 Å². The summed E-state index contributed by atoms with van der Waals surface area (Å²) in [5.41, 5.74) is 0.273. The molecule has 0 radical (unpaired) electrons. The minimum atomic E-state index is -1.16. The van der Waals surface area contributed by atoms with Gasteiger partial charge in [0.15, 0.2) is 0 Å². The lowest BCUT2D eigenvalue weighted by atomic mass is 10.0. The van der Waals surface area contributed by atoms with Crippen LogP contribution in [0.5, 0.6) is 0 Å². The van der Waals surface area contributed by atoms with Gasteiger partial charge in [0.05, 0.1) is 5.56 Å². The Kier molecular flexibility index (Phi) is 3.55. The predicted molar refractivity (Wildman–Crippen MR) is 52.3 cm³/mol. The van der Waals surface area contributed by atoms with Gasteiger partial charge in [-0.25, -0.2) is 9.18 Å². The fourth-order valence-corrected chi connectivity index (χ4v) is 1.24. The van der Waals surface area contributed by atoms with Crippen molar-refractivity contribution in [3.05, 3.63) is 35.1 Å². The number of rotatable bonds is 4. The first-order chi connectivity index (χ1) is 7.04. The highest BCUT2D eigenvalue weighted by Gasteiger charge is 2.10. The van der Waals surface area contributed by atoms with Crippen molar-refractivity contribution in [1.82, 2.24) is 0 Å². The van der Waals surface area contributed by atoms with E-state index in [-0.39, 0.29) is 17.9 Å². The fourth-order valence-electron chi connectivity index (χ4n) is 1.24. The summed E-state index contributed by atoms with van der Waals surface area (Å²) >= 11 is 0. The number of aldehydes is 1. The molecule has 0 saturated carbocycles. The van der Waals surface area contributed by atoms with E-state index in [9.17, 15) is 14.0 Å². The SMILES string of the molecule is CC(C=O)Cc1ccc(C(=O)O)cc1F. The lowest BCUT2D eigenvalue weighted by Gasteiger charge is -2.05. The van der Waals surface area contributed by atoms with Crippen molar-refractivity contribution in [3.63, 3.8) is 0 Å². The van der Waals surface area contributed by atoms with Crippen molar-refractivity contribution < 1.29 is 19.1 Å². The minimum absolute atomic E-state index is 0.0880. The van der Waals surface area contributed by atoms with Crippen LogP contribution in [-0.2, 0) is 11.2 Å². The molecule has 3 nitrogen and oxygen atoms in total. The number of halogens is 1. The molecule has 15 heavy (non-hydrogen) atoms. The standard InChI is InChI=1S/C11H11FO3/c1-7(6-13)4-8-2-3-9(11(14)15)5-10(8)12/h2-3,5-7H,4H2,1H3,(H,14,15). The highest BCUT2D eigenvalue weighted by molar-refractivity contribution is 5.87. The van der Waals surface area contributed by atoms with Crippen LogP contribution < -0.4 is 0 Å². The van der Waals surface area contributed by atoms with Gasteiger partial charge in [-0.3, -0.25) is 0 Å². The lowest BCUT2D eigenvalue weighted by molar-refractivity contribution is -0.110. The Morgan fingerprint density at radius 2 is 2.27 bits per heavy atom. The third-order valence-corrected chi connectivity index (χ3v) is 2.07. The van der Waals surface area contributed by atoms with Crippen molar-refractivity contribution in [3.8, 4) is 0 Å². The van der Waals surface area contributed by atoms with Crippen molar-refractivity contribution in [2.24, 2.45) is 5.92 Å². The lowest BCUT2D eigenvalue weighted by Crippen LogP contribution is -2.04. The van der Waals surface area contributed by atoms with Gasteiger partial charge in [0.1, 0.15) is 12.1 Å². The largest absolute Gasteiger partial charge is 0.478 e. The van der Waals surface area contributed by atoms with Gasteiger partial charge >= 0.3 is 5.97 Å². The molecule has 0 amide bonds. The molecule has 1 aromatic carbocycles. The molecule has 0 aromatic heterocycles. The molecule has 1 aromatic rings. The molecule has 0 saturated heterocycles. The Morgan fingerprint density at radius 1 is 1.60 bits per heavy atom. The van der Waals surface area contributed by atoms with Crippen LogP contribution in [-0.4, -0.2) is 17.4 Å². The van der Waals surface area contributed by atoms with Crippen LogP contribution in [0.1, 0.15) is 22.8 Å². The maximum atomic E-state index is 13.3. The summed E-state index contributed by atoms with van der Waals surface area (Å²) in [5, 5.41) is 8.61. The number of carboxylic acids is 1. The Hall–Kier alpha value is -1.71. The van der Waals surface area contributed by atoms with E-state index in [1.54, 1.807) is 6.92 Å². The molecule has 80 valence electrons. The zero-order valence-corrected chi connectivity index (χ0v) is 8.24. The van der Waals surface area contributed by atoms with Crippen LogP contribution in [0.3, 0.4) is 0 Å². The molecule has 0 bridgehead atoms. The van der Waals surface area contributed by atoms with Gasteiger partial charge in [0.2, 0.25) is 0 Å². The smallest absolute Gasteiger partial charge is 0.335 e. The molecule has 1 unspecified atom stereocenters. The van der Waals surface area contributed by atoms with E-state index in [2.05, 4.69) is 0 Å². The zero-order valence-electron chi connectivity index (χ0n) is 8.24. The minimum Gasteiger partial charge on any atom is -0.478 e. The number of carbonyl (C=O) groups excluding carboxylic acids is 1. The summed E-state index contributed by atoms with van der Waals surface area (Å²) in [4.78, 5) is 20.9. The Morgan fingerprint density at radius 3 is 2.73 bits per heavy atom. The second-order valence-electron chi connectivity index (χ2n) is 3.43. The topological polar surface area (TPSA) is 54.4 Å². The third-order valence-electron chi connectivity index (χ3n) is 2.07. The fraction of sp³-hybridized carbons (Fsp3) is 0.273. The van der Waals surface area contributed by atoms with E-state index in [1.165, 1.54) is 12.1 Å². The third kappa shape index (κ3) is 2.87. The molecule has 4 heteroatoms. The monoisotopic (exact) mass is 210 g/mol. The molecule has 1 atom stereocenters. The van der Waals surface area contributed by atoms with Gasteiger partial charge in [-0.05, 0) is 24.1 Å². The van der Waals surface area contributed by atoms with Crippen LogP contribution in [0, 0.1) is 11.7 Å². The quantitative estimate of drug-likeness (QED) is 0.772. The normalized spacial score (nSPS) is 12.1. The Labute approximate surface area is 86.5 Å². The van der Waals surface area contributed by atoms with E-state index >= 15 is 0 Å². The number of benzene rings is 1. The highest BCUT2D eigenvalue weighted by atomic mass is 19.1. The molecule has 0 heterocycles. The van der Waals surface area contributed by atoms with Gasteiger partial charge in [-0.15, -0.1) is 0 Å². The molecule has 0 aliphatic rings. The molecule has 0 aliphatic carbocycles. The van der Waals surface area contributed by atoms with Crippen LogP contribution in [0.15, 0.2) is 18.2 Å². The Bertz CT molecular complexity index is 387. The van der Waals surface area contributed by atoms with Gasteiger partial charge in [0.25, 0.3) is 0 Å². The van der Waals surface area contributed by atoms with E-state index < -0.39 is 11.8 Å². The second-order valence-corrected chi connectivity index (χ2v) is 3.43. The molecule has 0 spiro atoms. The highest BCUT2D eigenvalue weighted by Crippen LogP contribution is 2.14. The van der Waals surface area contributed by atoms with Crippen molar-refractivity contribution in [2.75, 3.05) is 0 Å². The number of carbonyl (C=O) groups is 2. The summed E-state index contributed by atoms with van der Waals surface area (Å²) in [5.74, 6) is -2.01. The Balaban J connectivity index is 2.93. The van der Waals surface area contributed by atoms with E-state index in [4.69, 9.17) is 5.11 Å². The maximum absolute atomic E-state index is 13.3. The van der Waals surface area contributed by atoms with E-state index in [1.807, 2.05) is 0 Å². The number of hydrogen-bond acceptors (Lipinski definition) is 2. The molecule has 1 N–H and O–H groups in total. The van der Waals surface area contributed by atoms with Crippen molar-refractivity contribution >= 4 is 12.3 Å². The predicted octanol–water partition coefficient (Wildman–Crippen LogP) is 1.90. The average Bonchev–Trinajstić information content (AvgIpc) is 2.20. The van der Waals surface area contributed by atoms with Gasteiger partial charge in [-0.2, -0.15) is 0 Å². The maximum Gasteiger partial charge on any atom is 0.335 e. The summed E-state index contributed by atoms with van der Waals surface area (Å²) in [6.45, 7) is 1.68. The van der Waals surface area contributed by atoms with Crippen molar-refractivity contribution in [2.45, 2.75) is 13.3 Å². The number of carboxylic acid groups (broad SMARTS) is 1. The molecule has 0 aliphatic heterocycles.